The zero-order valence-electron chi connectivity index (χ0n) is 11.0. The predicted octanol–water partition coefficient (Wildman–Crippen LogP) is 4.39. The molecule has 0 aliphatic carbocycles. The Bertz CT molecular complexity index is 901. The van der Waals surface area contributed by atoms with Crippen molar-refractivity contribution in [3.63, 3.8) is 0 Å². The molecular weight excluding hydrogens is 241 g/mol. The topological polar surface area (TPSA) is 12.9 Å². The number of fused-ring (bicyclic) bond motifs is 3. The Morgan fingerprint density at radius 1 is 0.700 bits per heavy atom. The van der Waals surface area contributed by atoms with Crippen molar-refractivity contribution >= 4 is 28.6 Å². The predicted molar refractivity (Wildman–Crippen MR) is 86.0 cm³/mol. The van der Waals surface area contributed by atoms with E-state index in [2.05, 4.69) is 61.4 Å². The van der Waals surface area contributed by atoms with Crippen LogP contribution in [0.3, 0.4) is 0 Å². The van der Waals surface area contributed by atoms with Crippen molar-refractivity contribution in [3.8, 4) is 11.2 Å². The fourth-order valence-electron chi connectivity index (χ4n) is 2.66. The standard InChI is InChI=1S/C18H12BN/c1-2-7-14(8-3-1)18-19-12-16-15-9-5-4-6-13(15)10-11-17(16)20-18/h1-12H. The van der Waals surface area contributed by atoms with Crippen molar-refractivity contribution in [1.29, 1.82) is 0 Å². The van der Waals surface area contributed by atoms with E-state index in [0.717, 1.165) is 16.7 Å². The Kier molecular flexibility index (Phi) is 2.60. The van der Waals surface area contributed by atoms with Gasteiger partial charge in [-0.05, 0) is 0 Å². The van der Waals surface area contributed by atoms with Gasteiger partial charge in [-0.2, -0.15) is 0 Å². The fraction of sp³-hybridized carbons (Fsp3) is 0. The van der Waals surface area contributed by atoms with Gasteiger partial charge < -0.3 is 0 Å². The molecule has 2 heteroatoms. The number of aromatic nitrogens is 1. The summed E-state index contributed by atoms with van der Waals surface area (Å²) in [5.74, 6) is 2.17. The van der Waals surface area contributed by atoms with E-state index in [1.54, 1.807) is 0 Å². The zero-order valence-corrected chi connectivity index (χ0v) is 11.0. The Balaban J connectivity index is 1.99. The summed E-state index contributed by atoms with van der Waals surface area (Å²) in [5.41, 5.74) is 3.22. The number of hydrogen-bond donors (Lipinski definition) is 0. The summed E-state index contributed by atoms with van der Waals surface area (Å²) >= 11 is 0. The Morgan fingerprint density at radius 3 is 2.40 bits per heavy atom. The van der Waals surface area contributed by atoms with Crippen LogP contribution in [0.4, 0.5) is 0 Å². The molecule has 0 saturated carbocycles. The molecule has 92 valence electrons. The van der Waals surface area contributed by atoms with Crippen LogP contribution in [0, 0.1) is 0 Å². The number of benzene rings is 3. The van der Waals surface area contributed by atoms with Crippen LogP contribution < -0.4 is 0 Å². The quantitative estimate of drug-likeness (QED) is 0.458. The molecule has 0 fully saturated rings. The third kappa shape index (κ3) is 1.81. The Morgan fingerprint density at radius 2 is 1.50 bits per heavy atom. The van der Waals surface area contributed by atoms with Gasteiger partial charge in [0.1, 0.15) is 0 Å². The molecule has 0 amide bonds. The summed E-state index contributed by atoms with van der Waals surface area (Å²) < 4.78 is 0. The Hall–Kier alpha value is -2.48. The van der Waals surface area contributed by atoms with Gasteiger partial charge in [0.2, 0.25) is 0 Å². The van der Waals surface area contributed by atoms with Gasteiger partial charge in [-0.15, -0.1) is 0 Å². The van der Waals surface area contributed by atoms with Gasteiger partial charge in [0, 0.05) is 0 Å². The molecule has 1 heterocycles. The van der Waals surface area contributed by atoms with Crippen LogP contribution >= 0.6 is 0 Å². The van der Waals surface area contributed by atoms with Gasteiger partial charge in [-0.1, -0.05) is 0 Å². The van der Waals surface area contributed by atoms with Crippen LogP contribution in [-0.4, -0.2) is 11.9 Å². The van der Waals surface area contributed by atoms with Crippen molar-refractivity contribution in [3.05, 3.63) is 72.7 Å². The van der Waals surface area contributed by atoms with Gasteiger partial charge in [0.05, 0.1) is 0 Å². The van der Waals surface area contributed by atoms with Crippen LogP contribution in [-0.2, 0) is 0 Å². The van der Waals surface area contributed by atoms with Gasteiger partial charge in [0.25, 0.3) is 0 Å². The Labute approximate surface area is 118 Å². The van der Waals surface area contributed by atoms with Crippen molar-refractivity contribution in [2.24, 2.45) is 0 Å². The third-order valence-electron chi connectivity index (χ3n) is 3.67. The first kappa shape index (κ1) is 11.4. The SMILES string of the molecule is b1cc2c(ccc3ccccc32)nc1-c1ccccc1. The molecule has 4 rings (SSSR count). The first-order chi connectivity index (χ1) is 9.92. The molecular formula is C18H12BN. The molecule has 0 aliphatic rings. The summed E-state index contributed by atoms with van der Waals surface area (Å²) in [6, 6.07) is 23.0. The number of hydrogen-bond acceptors (Lipinski definition) is 1. The van der Waals surface area contributed by atoms with E-state index in [0.29, 0.717) is 0 Å². The molecule has 0 aliphatic heterocycles. The van der Waals surface area contributed by atoms with Crippen LogP contribution in [0.2, 0.25) is 0 Å². The maximum absolute atomic E-state index is 4.80. The van der Waals surface area contributed by atoms with E-state index < -0.39 is 0 Å². The van der Waals surface area contributed by atoms with Crippen LogP contribution in [0.25, 0.3) is 32.8 Å². The van der Waals surface area contributed by atoms with Crippen LogP contribution in [0.5, 0.6) is 0 Å². The van der Waals surface area contributed by atoms with E-state index >= 15 is 0 Å². The molecule has 0 atom stereocenters. The average Bonchev–Trinajstić information content (AvgIpc) is 2.55. The second-order valence-corrected chi connectivity index (χ2v) is 4.92. The second kappa shape index (κ2) is 4.57. The van der Waals surface area contributed by atoms with Crippen LogP contribution in [0.1, 0.15) is 0 Å². The van der Waals surface area contributed by atoms with E-state index in [4.69, 9.17) is 4.98 Å². The van der Waals surface area contributed by atoms with E-state index in [1.165, 1.54) is 16.2 Å². The van der Waals surface area contributed by atoms with E-state index in [-0.39, 0.29) is 0 Å². The minimum absolute atomic E-state index is 1.02. The van der Waals surface area contributed by atoms with E-state index in [1.807, 2.05) is 18.2 Å². The number of nitrogens with zero attached hydrogens (tertiary/aromatic N) is 1. The van der Waals surface area contributed by atoms with Gasteiger partial charge in [-0.25, -0.2) is 0 Å². The third-order valence-corrected chi connectivity index (χ3v) is 3.67. The second-order valence-electron chi connectivity index (χ2n) is 4.92. The van der Waals surface area contributed by atoms with Crippen molar-refractivity contribution < 1.29 is 0 Å². The first-order valence-corrected chi connectivity index (χ1v) is 6.76. The van der Waals surface area contributed by atoms with Crippen molar-refractivity contribution in [2.45, 2.75) is 0 Å². The van der Waals surface area contributed by atoms with E-state index in [9.17, 15) is 0 Å². The van der Waals surface area contributed by atoms with Crippen molar-refractivity contribution in [2.75, 3.05) is 0 Å². The monoisotopic (exact) mass is 253 g/mol. The molecule has 0 saturated heterocycles. The summed E-state index contributed by atoms with van der Waals surface area (Å²) in [6.45, 7) is 2.10. The van der Waals surface area contributed by atoms with Crippen molar-refractivity contribution in [1.82, 2.24) is 4.98 Å². The molecule has 0 unspecified atom stereocenters. The van der Waals surface area contributed by atoms with Gasteiger partial charge in [0.15, 0.2) is 0 Å². The molecule has 0 N–H and O–H groups in total. The zero-order chi connectivity index (χ0) is 13.4. The molecule has 0 radical (unpaired) electrons. The van der Waals surface area contributed by atoms with Gasteiger partial charge in [-0.3, -0.25) is 0 Å². The summed E-state index contributed by atoms with van der Waals surface area (Å²) in [6.07, 6.45) is 0. The molecule has 20 heavy (non-hydrogen) atoms. The molecule has 4 aromatic rings. The molecule has 1 nitrogen and oxygen atoms in total. The molecule has 0 bridgehead atoms. The summed E-state index contributed by atoms with van der Waals surface area (Å²) in [4.78, 5) is 4.80. The fourth-order valence-corrected chi connectivity index (χ4v) is 2.66. The first-order valence-electron chi connectivity index (χ1n) is 6.76. The summed E-state index contributed by atoms with van der Waals surface area (Å²) in [7, 11) is 0. The van der Waals surface area contributed by atoms with Gasteiger partial charge >= 0.3 is 117 Å². The minimum atomic E-state index is 1.02. The maximum atomic E-state index is 4.80. The molecule has 0 spiro atoms. The molecule has 3 aromatic carbocycles. The summed E-state index contributed by atoms with van der Waals surface area (Å²) in [5, 5.41) is 3.73. The number of rotatable bonds is 1. The molecule has 1 aromatic heterocycles. The van der Waals surface area contributed by atoms with Crippen LogP contribution in [0.15, 0.2) is 72.7 Å². The average molecular weight is 253 g/mol. The normalized spacial score (nSPS) is 10.8.